The first kappa shape index (κ1) is 12.8. The summed E-state index contributed by atoms with van der Waals surface area (Å²) in [6, 6.07) is 1.74. The SMILES string of the molecule is COCC1CCN(c2nnccc2C(=N)N)CC1. The van der Waals surface area contributed by atoms with Crippen LogP contribution < -0.4 is 10.6 Å². The van der Waals surface area contributed by atoms with E-state index in [0.717, 1.165) is 38.4 Å². The summed E-state index contributed by atoms with van der Waals surface area (Å²) in [6.07, 6.45) is 3.71. The second-order valence-electron chi connectivity index (χ2n) is 4.57. The van der Waals surface area contributed by atoms with Crippen LogP contribution in [0.2, 0.25) is 0 Å². The number of methoxy groups -OCH3 is 1. The van der Waals surface area contributed by atoms with E-state index in [9.17, 15) is 0 Å². The van der Waals surface area contributed by atoms with Gasteiger partial charge in [0.1, 0.15) is 5.84 Å². The van der Waals surface area contributed by atoms with Crippen LogP contribution in [-0.2, 0) is 4.74 Å². The molecule has 2 rings (SSSR count). The van der Waals surface area contributed by atoms with E-state index in [0.29, 0.717) is 11.5 Å². The van der Waals surface area contributed by atoms with Crippen molar-refractivity contribution in [2.75, 3.05) is 31.7 Å². The Kier molecular flexibility index (Phi) is 4.09. The number of nitrogen functional groups attached to an aromatic ring is 1. The third kappa shape index (κ3) is 2.76. The lowest BCUT2D eigenvalue weighted by atomic mass is 9.97. The lowest BCUT2D eigenvalue weighted by Gasteiger charge is -2.32. The Labute approximate surface area is 107 Å². The van der Waals surface area contributed by atoms with Crippen molar-refractivity contribution in [3.8, 4) is 0 Å². The van der Waals surface area contributed by atoms with Gasteiger partial charge in [-0.1, -0.05) is 0 Å². The van der Waals surface area contributed by atoms with Crippen molar-refractivity contribution in [2.24, 2.45) is 11.7 Å². The number of nitrogens with two attached hydrogens (primary N) is 1. The fraction of sp³-hybridized carbons (Fsp3) is 0.583. The summed E-state index contributed by atoms with van der Waals surface area (Å²) in [5.41, 5.74) is 6.23. The van der Waals surface area contributed by atoms with Gasteiger partial charge in [0, 0.05) is 26.8 Å². The highest BCUT2D eigenvalue weighted by molar-refractivity contribution is 5.99. The molecule has 0 aliphatic carbocycles. The van der Waals surface area contributed by atoms with Crippen molar-refractivity contribution in [1.82, 2.24) is 10.2 Å². The van der Waals surface area contributed by atoms with Crippen LogP contribution in [0.5, 0.6) is 0 Å². The quantitative estimate of drug-likeness (QED) is 0.603. The average molecular weight is 249 g/mol. The van der Waals surface area contributed by atoms with E-state index in [4.69, 9.17) is 15.9 Å². The Balaban J connectivity index is 2.07. The number of aromatic nitrogens is 2. The van der Waals surface area contributed by atoms with E-state index in [1.807, 2.05) is 0 Å². The molecule has 2 heterocycles. The molecule has 6 heteroatoms. The molecule has 0 spiro atoms. The van der Waals surface area contributed by atoms with Gasteiger partial charge in [0.15, 0.2) is 5.82 Å². The Morgan fingerprint density at radius 3 is 2.89 bits per heavy atom. The molecule has 18 heavy (non-hydrogen) atoms. The van der Waals surface area contributed by atoms with Crippen molar-refractivity contribution in [3.05, 3.63) is 17.8 Å². The Morgan fingerprint density at radius 1 is 1.56 bits per heavy atom. The molecule has 0 saturated carbocycles. The lowest BCUT2D eigenvalue weighted by molar-refractivity contribution is 0.139. The van der Waals surface area contributed by atoms with Gasteiger partial charge in [-0.15, -0.1) is 5.10 Å². The first-order valence-electron chi connectivity index (χ1n) is 6.12. The fourth-order valence-electron chi connectivity index (χ4n) is 2.32. The first-order valence-corrected chi connectivity index (χ1v) is 6.12. The van der Waals surface area contributed by atoms with Crippen molar-refractivity contribution in [1.29, 1.82) is 5.41 Å². The maximum absolute atomic E-state index is 7.56. The van der Waals surface area contributed by atoms with Gasteiger partial charge >= 0.3 is 0 Å². The van der Waals surface area contributed by atoms with E-state index in [1.165, 1.54) is 0 Å². The Morgan fingerprint density at radius 2 is 2.28 bits per heavy atom. The summed E-state index contributed by atoms with van der Waals surface area (Å²) in [5.74, 6) is 1.38. The molecule has 3 N–H and O–H groups in total. The molecular weight excluding hydrogens is 230 g/mol. The molecule has 1 aromatic heterocycles. The van der Waals surface area contributed by atoms with E-state index in [-0.39, 0.29) is 5.84 Å². The topological polar surface area (TPSA) is 88.1 Å². The molecule has 1 aromatic rings. The maximum atomic E-state index is 7.56. The summed E-state index contributed by atoms with van der Waals surface area (Å²) < 4.78 is 5.18. The second-order valence-corrected chi connectivity index (χ2v) is 4.57. The van der Waals surface area contributed by atoms with Gasteiger partial charge in [0.25, 0.3) is 0 Å². The fourth-order valence-corrected chi connectivity index (χ4v) is 2.32. The van der Waals surface area contributed by atoms with Gasteiger partial charge in [-0.25, -0.2) is 0 Å². The second kappa shape index (κ2) is 5.77. The monoisotopic (exact) mass is 249 g/mol. The summed E-state index contributed by atoms with van der Waals surface area (Å²) >= 11 is 0. The van der Waals surface area contributed by atoms with E-state index in [2.05, 4.69) is 15.1 Å². The standard InChI is InChI=1S/C12H19N5O/c1-18-8-9-3-6-17(7-4-9)12-10(11(13)14)2-5-15-16-12/h2,5,9H,3-4,6-8H2,1H3,(H3,13,14). The average Bonchev–Trinajstić information content (AvgIpc) is 2.40. The Bertz CT molecular complexity index is 415. The molecule has 0 bridgehead atoms. The number of amidine groups is 1. The van der Waals surface area contributed by atoms with Crippen LogP contribution in [0.1, 0.15) is 18.4 Å². The largest absolute Gasteiger partial charge is 0.384 e. The lowest BCUT2D eigenvalue weighted by Crippen LogP contribution is -2.37. The highest BCUT2D eigenvalue weighted by atomic mass is 16.5. The molecule has 1 aliphatic rings. The van der Waals surface area contributed by atoms with Crippen molar-refractivity contribution in [2.45, 2.75) is 12.8 Å². The number of hydrogen-bond donors (Lipinski definition) is 2. The highest BCUT2D eigenvalue weighted by Gasteiger charge is 2.22. The smallest absolute Gasteiger partial charge is 0.162 e. The number of piperidine rings is 1. The zero-order chi connectivity index (χ0) is 13.0. The van der Waals surface area contributed by atoms with Crippen LogP contribution >= 0.6 is 0 Å². The van der Waals surface area contributed by atoms with E-state index < -0.39 is 0 Å². The third-order valence-electron chi connectivity index (χ3n) is 3.31. The predicted octanol–water partition coefficient (Wildman–Crippen LogP) is 0.623. The molecular formula is C12H19N5O. The highest BCUT2D eigenvalue weighted by Crippen LogP contribution is 2.23. The van der Waals surface area contributed by atoms with Crippen molar-refractivity contribution in [3.63, 3.8) is 0 Å². The van der Waals surface area contributed by atoms with Gasteiger partial charge in [0.2, 0.25) is 0 Å². The normalized spacial score (nSPS) is 16.8. The number of nitrogens with zero attached hydrogens (tertiary/aromatic N) is 3. The number of nitrogens with one attached hydrogen (secondary N) is 1. The molecule has 0 radical (unpaired) electrons. The molecule has 98 valence electrons. The van der Waals surface area contributed by atoms with Crippen molar-refractivity contribution < 1.29 is 4.74 Å². The Hall–Kier alpha value is -1.69. The van der Waals surface area contributed by atoms with E-state index in [1.54, 1.807) is 19.4 Å². The van der Waals surface area contributed by atoms with Crippen molar-refractivity contribution >= 4 is 11.7 Å². The van der Waals surface area contributed by atoms with Crippen LogP contribution in [0.4, 0.5) is 5.82 Å². The van der Waals surface area contributed by atoms with Crippen LogP contribution in [-0.4, -0.2) is 42.8 Å². The molecule has 0 unspecified atom stereocenters. The summed E-state index contributed by atoms with van der Waals surface area (Å²) in [7, 11) is 1.74. The molecule has 0 atom stereocenters. The number of rotatable bonds is 4. The number of anilines is 1. The summed E-state index contributed by atoms with van der Waals surface area (Å²) in [5, 5.41) is 15.6. The molecule has 1 fully saturated rings. The van der Waals surface area contributed by atoms with Crippen LogP contribution in [0, 0.1) is 11.3 Å². The van der Waals surface area contributed by atoms with Crippen LogP contribution in [0.3, 0.4) is 0 Å². The zero-order valence-electron chi connectivity index (χ0n) is 10.6. The third-order valence-corrected chi connectivity index (χ3v) is 3.31. The van der Waals surface area contributed by atoms with E-state index >= 15 is 0 Å². The summed E-state index contributed by atoms with van der Waals surface area (Å²) in [4.78, 5) is 2.15. The zero-order valence-corrected chi connectivity index (χ0v) is 10.6. The van der Waals surface area contributed by atoms with Gasteiger partial charge < -0.3 is 15.4 Å². The van der Waals surface area contributed by atoms with Gasteiger partial charge in [-0.3, -0.25) is 5.41 Å². The number of ether oxygens (including phenoxy) is 1. The minimum atomic E-state index is 0.0407. The van der Waals surface area contributed by atoms with Gasteiger partial charge in [-0.2, -0.15) is 5.10 Å². The van der Waals surface area contributed by atoms with Gasteiger partial charge in [-0.05, 0) is 24.8 Å². The van der Waals surface area contributed by atoms with Crippen LogP contribution in [0.25, 0.3) is 0 Å². The van der Waals surface area contributed by atoms with Gasteiger partial charge in [0.05, 0.1) is 11.8 Å². The maximum Gasteiger partial charge on any atom is 0.162 e. The summed E-state index contributed by atoms with van der Waals surface area (Å²) in [6.45, 7) is 2.63. The molecule has 6 nitrogen and oxygen atoms in total. The molecule has 0 amide bonds. The molecule has 0 aromatic carbocycles. The minimum Gasteiger partial charge on any atom is -0.384 e. The minimum absolute atomic E-state index is 0.0407. The molecule has 1 saturated heterocycles. The van der Waals surface area contributed by atoms with Crippen LogP contribution in [0.15, 0.2) is 12.3 Å². The first-order chi connectivity index (χ1) is 8.72. The molecule has 1 aliphatic heterocycles. The number of hydrogen-bond acceptors (Lipinski definition) is 5. The predicted molar refractivity (Wildman–Crippen MR) is 69.9 cm³/mol.